The van der Waals surface area contributed by atoms with Gasteiger partial charge in [0, 0.05) is 13.2 Å². The lowest BCUT2D eigenvalue weighted by Crippen LogP contribution is -2.35. The predicted molar refractivity (Wildman–Crippen MR) is 64.7 cm³/mol. The van der Waals surface area contributed by atoms with E-state index in [1.54, 1.807) is 6.07 Å². The van der Waals surface area contributed by atoms with Crippen LogP contribution in [0.2, 0.25) is 0 Å². The first-order valence-corrected chi connectivity index (χ1v) is 6.38. The van der Waals surface area contributed by atoms with Crippen molar-refractivity contribution >= 4 is 22.9 Å². The minimum Gasteiger partial charge on any atom is -0.397 e. The second-order valence-electron chi connectivity index (χ2n) is 3.90. The number of nitrogen functional groups attached to an aromatic ring is 1. The van der Waals surface area contributed by atoms with Gasteiger partial charge in [0.25, 0.3) is 5.91 Å². The molecule has 0 radical (unpaired) electrons. The van der Waals surface area contributed by atoms with Crippen molar-refractivity contribution in [1.29, 1.82) is 0 Å². The lowest BCUT2D eigenvalue weighted by Gasteiger charge is -2.22. The van der Waals surface area contributed by atoms with E-state index in [0.29, 0.717) is 17.1 Å². The third-order valence-corrected chi connectivity index (χ3v) is 3.60. The van der Waals surface area contributed by atoms with Gasteiger partial charge in [0.1, 0.15) is 4.88 Å². The molecule has 2 heterocycles. The second kappa shape index (κ2) is 5.32. The monoisotopic (exact) mass is 240 g/mol. The molecule has 0 spiro atoms. The Kier molecular flexibility index (Phi) is 3.79. The normalized spacial score (nSPS) is 20.6. The van der Waals surface area contributed by atoms with E-state index in [2.05, 4.69) is 5.32 Å². The summed E-state index contributed by atoms with van der Waals surface area (Å²) in [4.78, 5) is 12.3. The number of thiophene rings is 1. The van der Waals surface area contributed by atoms with Crippen molar-refractivity contribution in [1.82, 2.24) is 5.32 Å². The van der Waals surface area contributed by atoms with Crippen LogP contribution in [0.5, 0.6) is 0 Å². The average molecular weight is 240 g/mol. The Balaban J connectivity index is 1.81. The summed E-state index contributed by atoms with van der Waals surface area (Å²) in [6, 6.07) is 1.75. The van der Waals surface area contributed by atoms with Crippen molar-refractivity contribution in [2.75, 3.05) is 18.9 Å². The number of hydrogen-bond donors (Lipinski definition) is 2. The highest BCUT2D eigenvalue weighted by molar-refractivity contribution is 7.12. The van der Waals surface area contributed by atoms with Crippen LogP contribution >= 0.6 is 11.3 Å². The van der Waals surface area contributed by atoms with Crippen molar-refractivity contribution in [2.24, 2.45) is 0 Å². The van der Waals surface area contributed by atoms with Gasteiger partial charge in [-0.3, -0.25) is 4.79 Å². The third-order valence-electron chi connectivity index (χ3n) is 2.67. The standard InChI is InChI=1S/C11H16N2O2S/c12-9-4-6-16-10(9)11(14)13-7-8-3-1-2-5-15-8/h4,6,8H,1-3,5,7,12H2,(H,13,14). The smallest absolute Gasteiger partial charge is 0.263 e. The fourth-order valence-corrected chi connectivity index (χ4v) is 2.49. The maximum atomic E-state index is 11.7. The molecule has 0 aromatic carbocycles. The fourth-order valence-electron chi connectivity index (χ4n) is 1.76. The minimum absolute atomic E-state index is 0.0957. The Morgan fingerprint density at radius 3 is 3.12 bits per heavy atom. The van der Waals surface area contributed by atoms with Crippen LogP contribution < -0.4 is 11.1 Å². The zero-order valence-corrected chi connectivity index (χ0v) is 9.89. The van der Waals surface area contributed by atoms with Crippen LogP contribution in [0.3, 0.4) is 0 Å². The van der Waals surface area contributed by atoms with Gasteiger partial charge in [-0.15, -0.1) is 11.3 Å². The number of carbonyl (C=O) groups excluding carboxylic acids is 1. The number of rotatable bonds is 3. The van der Waals surface area contributed by atoms with Gasteiger partial charge in [0.15, 0.2) is 0 Å². The highest BCUT2D eigenvalue weighted by Crippen LogP contribution is 2.18. The van der Waals surface area contributed by atoms with E-state index in [1.807, 2.05) is 5.38 Å². The highest BCUT2D eigenvalue weighted by atomic mass is 32.1. The molecule has 0 saturated carbocycles. The number of hydrogen-bond acceptors (Lipinski definition) is 4. The van der Waals surface area contributed by atoms with E-state index in [9.17, 15) is 4.79 Å². The van der Waals surface area contributed by atoms with Crippen LogP contribution in [0.15, 0.2) is 11.4 Å². The fraction of sp³-hybridized carbons (Fsp3) is 0.545. The molecule has 4 nitrogen and oxygen atoms in total. The molecule has 2 rings (SSSR count). The summed E-state index contributed by atoms with van der Waals surface area (Å²) in [6.45, 7) is 1.39. The lowest BCUT2D eigenvalue weighted by atomic mass is 10.1. The zero-order chi connectivity index (χ0) is 11.4. The number of ether oxygens (including phenoxy) is 1. The van der Waals surface area contributed by atoms with Crippen molar-refractivity contribution in [3.05, 3.63) is 16.3 Å². The van der Waals surface area contributed by atoms with Crippen molar-refractivity contribution in [2.45, 2.75) is 25.4 Å². The topological polar surface area (TPSA) is 64.4 Å². The first-order valence-electron chi connectivity index (χ1n) is 5.50. The van der Waals surface area contributed by atoms with Crippen molar-refractivity contribution < 1.29 is 9.53 Å². The molecular formula is C11H16N2O2S. The molecule has 88 valence electrons. The maximum Gasteiger partial charge on any atom is 0.263 e. The van der Waals surface area contributed by atoms with Crippen LogP contribution in [0.25, 0.3) is 0 Å². The molecule has 1 atom stereocenters. The van der Waals surface area contributed by atoms with Crippen LogP contribution in [0.4, 0.5) is 5.69 Å². The molecule has 1 fully saturated rings. The van der Waals surface area contributed by atoms with E-state index in [-0.39, 0.29) is 12.0 Å². The summed E-state index contributed by atoms with van der Waals surface area (Å²) in [7, 11) is 0. The van der Waals surface area contributed by atoms with Crippen LogP contribution in [0, 0.1) is 0 Å². The predicted octanol–water partition coefficient (Wildman–Crippen LogP) is 1.63. The Morgan fingerprint density at radius 2 is 2.50 bits per heavy atom. The maximum absolute atomic E-state index is 11.7. The largest absolute Gasteiger partial charge is 0.397 e. The molecule has 0 bridgehead atoms. The number of carbonyl (C=O) groups is 1. The van der Waals surface area contributed by atoms with Gasteiger partial charge in [0.05, 0.1) is 11.8 Å². The molecule has 1 unspecified atom stereocenters. The quantitative estimate of drug-likeness (QED) is 0.844. The molecule has 1 aliphatic rings. The van der Waals surface area contributed by atoms with Crippen LogP contribution in [-0.4, -0.2) is 25.2 Å². The van der Waals surface area contributed by atoms with Gasteiger partial charge in [0.2, 0.25) is 0 Å². The molecular weight excluding hydrogens is 224 g/mol. The Hall–Kier alpha value is -1.07. The molecule has 3 N–H and O–H groups in total. The van der Waals surface area contributed by atoms with Crippen molar-refractivity contribution in [3.8, 4) is 0 Å². The molecule has 1 saturated heterocycles. The van der Waals surface area contributed by atoms with E-state index < -0.39 is 0 Å². The van der Waals surface area contributed by atoms with Gasteiger partial charge in [-0.2, -0.15) is 0 Å². The summed E-state index contributed by atoms with van der Waals surface area (Å²) in [6.07, 6.45) is 3.50. The van der Waals surface area contributed by atoms with E-state index in [4.69, 9.17) is 10.5 Å². The minimum atomic E-state index is -0.0957. The van der Waals surface area contributed by atoms with Gasteiger partial charge in [-0.25, -0.2) is 0 Å². The number of amides is 1. The molecule has 5 heteroatoms. The lowest BCUT2D eigenvalue weighted by molar-refractivity contribution is 0.0169. The molecule has 16 heavy (non-hydrogen) atoms. The first kappa shape index (κ1) is 11.4. The highest BCUT2D eigenvalue weighted by Gasteiger charge is 2.16. The number of nitrogens with one attached hydrogen (secondary N) is 1. The molecule has 1 amide bonds. The summed E-state index contributed by atoms with van der Waals surface area (Å²) in [5.74, 6) is -0.0957. The molecule has 1 aromatic rings. The van der Waals surface area contributed by atoms with Gasteiger partial charge in [-0.1, -0.05) is 0 Å². The summed E-state index contributed by atoms with van der Waals surface area (Å²) < 4.78 is 5.53. The first-order chi connectivity index (χ1) is 7.77. The van der Waals surface area contributed by atoms with Gasteiger partial charge in [-0.05, 0) is 30.7 Å². The summed E-state index contributed by atoms with van der Waals surface area (Å²) in [5, 5.41) is 4.68. The van der Waals surface area contributed by atoms with E-state index in [1.165, 1.54) is 17.8 Å². The zero-order valence-electron chi connectivity index (χ0n) is 9.07. The summed E-state index contributed by atoms with van der Waals surface area (Å²) >= 11 is 1.37. The van der Waals surface area contributed by atoms with Crippen LogP contribution in [-0.2, 0) is 4.74 Å². The number of anilines is 1. The van der Waals surface area contributed by atoms with Gasteiger partial charge < -0.3 is 15.8 Å². The Morgan fingerprint density at radius 1 is 1.62 bits per heavy atom. The molecule has 0 aliphatic carbocycles. The SMILES string of the molecule is Nc1ccsc1C(=O)NCC1CCCCO1. The van der Waals surface area contributed by atoms with Crippen LogP contribution in [0.1, 0.15) is 28.9 Å². The molecule has 1 aliphatic heterocycles. The third kappa shape index (κ3) is 2.74. The molecule has 1 aromatic heterocycles. The second-order valence-corrected chi connectivity index (χ2v) is 4.82. The van der Waals surface area contributed by atoms with E-state index in [0.717, 1.165) is 19.4 Å². The van der Waals surface area contributed by atoms with E-state index >= 15 is 0 Å². The van der Waals surface area contributed by atoms with Gasteiger partial charge >= 0.3 is 0 Å². The Bertz CT molecular complexity index is 359. The summed E-state index contributed by atoms with van der Waals surface area (Å²) in [5.41, 5.74) is 6.22. The Labute approximate surface area is 98.8 Å². The average Bonchev–Trinajstić information content (AvgIpc) is 2.74. The number of nitrogens with two attached hydrogens (primary N) is 1. The van der Waals surface area contributed by atoms with Crippen molar-refractivity contribution in [3.63, 3.8) is 0 Å².